The quantitative estimate of drug-likeness (QED) is 0.162. The molecule has 1 aliphatic rings. The van der Waals surface area contributed by atoms with E-state index in [-0.39, 0.29) is 37.5 Å². The summed E-state index contributed by atoms with van der Waals surface area (Å²) in [6.07, 6.45) is 1.54. The first kappa shape index (κ1) is 30.9. The van der Waals surface area contributed by atoms with Gasteiger partial charge in [0, 0.05) is 65.5 Å². The Labute approximate surface area is 320 Å². The van der Waals surface area contributed by atoms with Crippen molar-refractivity contribution in [1.29, 1.82) is 0 Å². The van der Waals surface area contributed by atoms with Crippen LogP contribution in [0.15, 0.2) is 115 Å². The number of anilines is 4. The minimum Gasteiger partial charge on any atom is -0.509 e. The standard InChI is InChI=1S/C45H41N4O.Pt/c1-30-21-22-46-43(23-30)49-39-16-9-8-15-37(39)38-20-19-35(28-42(38)49)50-36-26-32(45(5,6)7)25-34(27-36)48-29-47(40-17-10-11-18-41(40)48)33-14-12-13-31(24-33)44(2,3)4;/h8-26,29H,1-7H3;/q-3;/i1D3;. The summed E-state index contributed by atoms with van der Waals surface area (Å²) in [5.74, 6) is 1.57. The third kappa shape index (κ3) is 6.45. The second-order valence-corrected chi connectivity index (χ2v) is 15.0. The second-order valence-electron chi connectivity index (χ2n) is 15.0. The van der Waals surface area contributed by atoms with Gasteiger partial charge in [0.25, 0.3) is 0 Å². The minimum atomic E-state index is -2.26. The van der Waals surface area contributed by atoms with Gasteiger partial charge in [0.2, 0.25) is 0 Å². The molecule has 0 fully saturated rings. The normalized spacial score (nSPS) is 14.2. The molecule has 5 aromatic carbocycles. The van der Waals surface area contributed by atoms with Crippen molar-refractivity contribution >= 4 is 44.6 Å². The fraction of sp³-hybridized carbons (Fsp3) is 0.200. The SMILES string of the molecule is [2H]C([2H])([2H])c1ccnc(-n2c3[c-]c(Oc4[c-]c(N5[CH-]N(c6cccc(C(C)(C)C)c6)c6ccccc65)cc(C(C)(C)C)c4)ccc3c3ccccc32)c1.[Pt]. The van der Waals surface area contributed by atoms with Gasteiger partial charge in [-0.3, -0.25) is 0 Å². The second kappa shape index (κ2) is 13.0. The molecule has 2 aromatic heterocycles. The molecular weight excluding hydrogens is 808 g/mol. The maximum atomic E-state index is 8.00. The minimum absolute atomic E-state index is 0. The molecule has 5 nitrogen and oxygen atoms in total. The number of benzene rings is 5. The van der Waals surface area contributed by atoms with Crippen LogP contribution in [0.25, 0.3) is 27.6 Å². The average molecular weight is 852 g/mol. The van der Waals surface area contributed by atoms with Crippen LogP contribution in [0.1, 0.15) is 62.3 Å². The third-order valence-electron chi connectivity index (χ3n) is 9.33. The number of para-hydroxylation sites is 3. The van der Waals surface area contributed by atoms with E-state index >= 15 is 0 Å². The van der Waals surface area contributed by atoms with Crippen molar-refractivity contribution < 1.29 is 29.9 Å². The summed E-state index contributed by atoms with van der Waals surface area (Å²) < 4.78 is 32.6. The maximum absolute atomic E-state index is 8.00. The van der Waals surface area contributed by atoms with Crippen LogP contribution in [0.5, 0.6) is 11.5 Å². The predicted molar refractivity (Wildman–Crippen MR) is 206 cm³/mol. The number of hydrogen-bond acceptors (Lipinski definition) is 4. The van der Waals surface area contributed by atoms with Gasteiger partial charge in [0.05, 0.1) is 0 Å². The molecule has 260 valence electrons. The molecule has 0 bridgehead atoms. The molecule has 1 aliphatic heterocycles. The Morgan fingerprint density at radius 3 is 2.20 bits per heavy atom. The van der Waals surface area contributed by atoms with E-state index in [1.54, 1.807) is 12.3 Å². The van der Waals surface area contributed by atoms with Crippen molar-refractivity contribution in [3.8, 4) is 17.3 Å². The Morgan fingerprint density at radius 1 is 0.686 bits per heavy atom. The molecule has 8 rings (SSSR count). The summed E-state index contributed by atoms with van der Waals surface area (Å²) in [5, 5.41) is 1.97. The van der Waals surface area contributed by atoms with Crippen LogP contribution < -0.4 is 14.5 Å². The topological polar surface area (TPSA) is 33.5 Å². The molecule has 0 spiro atoms. The molecule has 0 saturated carbocycles. The van der Waals surface area contributed by atoms with Crippen LogP contribution in [-0.4, -0.2) is 9.55 Å². The van der Waals surface area contributed by atoms with Gasteiger partial charge in [0.1, 0.15) is 5.82 Å². The summed E-state index contributed by atoms with van der Waals surface area (Å²) in [6, 6.07) is 43.6. The fourth-order valence-corrected chi connectivity index (χ4v) is 6.61. The molecular formula is C45H41N4OPt-3. The average Bonchev–Trinajstić information content (AvgIpc) is 3.67. The first-order valence-corrected chi connectivity index (χ1v) is 17.0. The Morgan fingerprint density at radius 2 is 1.43 bits per heavy atom. The zero-order valence-electron chi connectivity index (χ0n) is 32.6. The number of pyridine rings is 1. The Balaban J connectivity index is 0.00000450. The first-order valence-electron chi connectivity index (χ1n) is 18.5. The van der Waals surface area contributed by atoms with E-state index in [2.05, 4.69) is 136 Å². The Kier molecular flexibility index (Phi) is 7.90. The van der Waals surface area contributed by atoms with Gasteiger partial charge in [-0.2, -0.15) is 6.07 Å². The van der Waals surface area contributed by atoms with Crippen molar-refractivity contribution in [1.82, 2.24) is 9.55 Å². The van der Waals surface area contributed by atoms with E-state index in [1.807, 2.05) is 41.0 Å². The van der Waals surface area contributed by atoms with E-state index in [1.165, 1.54) is 11.6 Å². The molecule has 3 heterocycles. The number of hydrogen-bond donors (Lipinski definition) is 0. The zero-order chi connectivity index (χ0) is 37.3. The van der Waals surface area contributed by atoms with Gasteiger partial charge < -0.3 is 19.1 Å². The van der Waals surface area contributed by atoms with E-state index in [4.69, 9.17) is 8.85 Å². The molecule has 6 heteroatoms. The smallest absolute Gasteiger partial charge is 0.135 e. The van der Waals surface area contributed by atoms with Crippen LogP contribution in [0.3, 0.4) is 0 Å². The Hall–Kier alpha value is -4.86. The van der Waals surface area contributed by atoms with Crippen molar-refractivity contribution in [3.63, 3.8) is 0 Å². The molecule has 51 heavy (non-hydrogen) atoms. The number of fused-ring (bicyclic) bond motifs is 4. The largest absolute Gasteiger partial charge is 0.509 e. The van der Waals surface area contributed by atoms with E-state index in [9.17, 15) is 0 Å². The zero-order valence-corrected chi connectivity index (χ0v) is 31.8. The summed E-state index contributed by atoms with van der Waals surface area (Å²) in [6.45, 7) is 13.2. The summed E-state index contributed by atoms with van der Waals surface area (Å²) in [7, 11) is 0. The number of ether oxygens (including phenoxy) is 1. The van der Waals surface area contributed by atoms with E-state index < -0.39 is 6.85 Å². The maximum Gasteiger partial charge on any atom is 0.135 e. The van der Waals surface area contributed by atoms with E-state index in [0.717, 1.165) is 50.1 Å². The number of rotatable bonds is 5. The summed E-state index contributed by atoms with van der Waals surface area (Å²) in [4.78, 5) is 9.01. The molecule has 0 saturated heterocycles. The first-order chi connectivity index (χ1) is 25.1. The monoisotopic (exact) mass is 851 g/mol. The van der Waals surface area contributed by atoms with Crippen molar-refractivity contribution in [3.05, 3.63) is 151 Å². The van der Waals surface area contributed by atoms with Crippen LogP contribution >= 0.6 is 0 Å². The third-order valence-corrected chi connectivity index (χ3v) is 9.33. The van der Waals surface area contributed by atoms with Gasteiger partial charge in [-0.15, -0.1) is 53.6 Å². The van der Waals surface area contributed by atoms with Gasteiger partial charge >= 0.3 is 0 Å². The van der Waals surface area contributed by atoms with Gasteiger partial charge in [-0.25, -0.2) is 4.98 Å². The van der Waals surface area contributed by atoms with Crippen LogP contribution in [0, 0.1) is 25.7 Å². The summed E-state index contributed by atoms with van der Waals surface area (Å²) in [5.41, 5.74) is 8.14. The summed E-state index contributed by atoms with van der Waals surface area (Å²) >= 11 is 0. The molecule has 7 aromatic rings. The Bertz CT molecular complexity index is 2510. The number of aromatic nitrogens is 2. The number of aryl methyl sites for hydroxylation is 1. The van der Waals surface area contributed by atoms with Crippen LogP contribution in [0.2, 0.25) is 0 Å². The van der Waals surface area contributed by atoms with Gasteiger partial charge in [0.15, 0.2) is 0 Å². The molecule has 0 radical (unpaired) electrons. The van der Waals surface area contributed by atoms with Gasteiger partial charge in [-0.1, -0.05) is 89.5 Å². The van der Waals surface area contributed by atoms with Crippen LogP contribution in [0.4, 0.5) is 22.7 Å². The molecule has 0 aliphatic carbocycles. The van der Waals surface area contributed by atoms with Gasteiger partial charge in [-0.05, 0) is 76.7 Å². The molecule has 0 atom stereocenters. The fourth-order valence-electron chi connectivity index (χ4n) is 6.61. The molecule has 0 unspecified atom stereocenters. The van der Waals surface area contributed by atoms with E-state index in [0.29, 0.717) is 17.3 Å². The van der Waals surface area contributed by atoms with Crippen molar-refractivity contribution in [2.75, 3.05) is 9.80 Å². The molecule has 0 amide bonds. The van der Waals surface area contributed by atoms with Crippen LogP contribution in [-0.2, 0) is 31.9 Å². The predicted octanol–water partition coefficient (Wildman–Crippen LogP) is 11.9. The number of nitrogens with zero attached hydrogens (tertiary/aromatic N) is 4. The van der Waals surface area contributed by atoms with Crippen molar-refractivity contribution in [2.24, 2.45) is 0 Å². The molecule has 0 N–H and O–H groups in total. The van der Waals surface area contributed by atoms with Crippen molar-refractivity contribution in [2.45, 2.75) is 59.2 Å².